The zero-order chi connectivity index (χ0) is 11.4. The minimum absolute atomic E-state index is 0.337. The molecule has 0 saturated heterocycles. The van der Waals surface area contributed by atoms with Crippen LogP contribution in [0.3, 0.4) is 0 Å². The topological polar surface area (TPSA) is 41.7 Å². The molecule has 1 aliphatic carbocycles. The summed E-state index contributed by atoms with van der Waals surface area (Å²) < 4.78 is 6.61. The molecule has 4 heteroatoms. The van der Waals surface area contributed by atoms with Crippen LogP contribution in [0.1, 0.15) is 13.3 Å². The van der Waals surface area contributed by atoms with Crippen LogP contribution >= 0.6 is 0 Å². The summed E-state index contributed by atoms with van der Waals surface area (Å²) >= 11 is 0. The molecule has 0 bridgehead atoms. The Labute approximate surface area is 94.6 Å². The maximum Gasteiger partial charge on any atom is 0.598 e. The third kappa shape index (κ3) is 2.66. The van der Waals surface area contributed by atoms with Gasteiger partial charge in [-0.15, -0.1) is 4.58 Å². The Hall–Kier alpha value is -1.71. The zero-order valence-electron chi connectivity index (χ0n) is 9.30. The SMILES string of the molecule is C[C@H]1C=C(COC(=O)[N+]2=CC=NC2)C=CC1. The summed E-state index contributed by atoms with van der Waals surface area (Å²) in [5, 5.41) is 0. The molecule has 0 spiro atoms. The average molecular weight is 219 g/mol. The molecule has 1 atom stereocenters. The molecular weight excluding hydrogens is 204 g/mol. The van der Waals surface area contributed by atoms with Crippen LogP contribution in [0, 0.1) is 5.92 Å². The highest BCUT2D eigenvalue weighted by atomic mass is 16.5. The first-order valence-electron chi connectivity index (χ1n) is 5.39. The first-order chi connectivity index (χ1) is 7.75. The highest BCUT2D eigenvalue weighted by Crippen LogP contribution is 2.15. The standard InChI is InChI=1S/C12H15N2O2/c1-10-3-2-4-11(7-10)8-16-12(15)14-6-5-13-9-14/h2,4-7,10H,3,8-9H2,1H3/q+1/t10-/m1/s1. The van der Waals surface area contributed by atoms with Crippen molar-refractivity contribution in [3.05, 3.63) is 23.8 Å². The molecule has 1 aliphatic heterocycles. The van der Waals surface area contributed by atoms with E-state index < -0.39 is 0 Å². The lowest BCUT2D eigenvalue weighted by molar-refractivity contribution is -0.434. The van der Waals surface area contributed by atoms with Crippen molar-refractivity contribution in [1.82, 2.24) is 0 Å². The second kappa shape index (κ2) is 4.88. The van der Waals surface area contributed by atoms with Crippen LogP contribution in [0.4, 0.5) is 4.79 Å². The van der Waals surface area contributed by atoms with Crippen LogP contribution in [0.15, 0.2) is 28.8 Å². The second-order valence-electron chi connectivity index (χ2n) is 4.00. The Morgan fingerprint density at radius 2 is 2.56 bits per heavy atom. The lowest BCUT2D eigenvalue weighted by Crippen LogP contribution is -2.21. The summed E-state index contributed by atoms with van der Waals surface area (Å²) in [4.78, 5) is 15.4. The quantitative estimate of drug-likeness (QED) is 0.664. The summed E-state index contributed by atoms with van der Waals surface area (Å²) in [7, 11) is 0. The minimum atomic E-state index is -0.343. The number of nitrogens with zero attached hydrogens (tertiary/aromatic N) is 2. The van der Waals surface area contributed by atoms with Gasteiger partial charge in [-0.3, -0.25) is 0 Å². The fraction of sp³-hybridized carbons (Fsp3) is 0.417. The number of hydrogen-bond acceptors (Lipinski definition) is 3. The number of amides is 1. The van der Waals surface area contributed by atoms with Crippen molar-refractivity contribution in [1.29, 1.82) is 0 Å². The summed E-state index contributed by atoms with van der Waals surface area (Å²) in [5.74, 6) is 0.528. The number of hydrogen-bond donors (Lipinski definition) is 0. The summed E-state index contributed by atoms with van der Waals surface area (Å²) in [6, 6.07) is 0. The lowest BCUT2D eigenvalue weighted by atomic mass is 9.99. The largest absolute Gasteiger partial charge is 0.598 e. The molecule has 0 aromatic rings. The van der Waals surface area contributed by atoms with Gasteiger partial charge in [0.1, 0.15) is 6.61 Å². The fourth-order valence-corrected chi connectivity index (χ4v) is 1.68. The molecule has 1 amide bonds. The van der Waals surface area contributed by atoms with Crippen LogP contribution in [-0.4, -0.2) is 36.4 Å². The average Bonchev–Trinajstić information content (AvgIpc) is 2.79. The van der Waals surface area contributed by atoms with Gasteiger partial charge in [0.2, 0.25) is 6.67 Å². The molecule has 2 aliphatic rings. The smallest absolute Gasteiger partial charge is 0.407 e. The van der Waals surface area contributed by atoms with Gasteiger partial charge in [0.05, 0.1) is 6.21 Å². The molecule has 0 saturated carbocycles. The van der Waals surface area contributed by atoms with E-state index in [0.717, 1.165) is 12.0 Å². The van der Waals surface area contributed by atoms with E-state index in [1.165, 1.54) is 4.58 Å². The maximum absolute atomic E-state index is 11.5. The second-order valence-corrected chi connectivity index (χ2v) is 4.00. The van der Waals surface area contributed by atoms with Gasteiger partial charge in [-0.25, -0.2) is 4.99 Å². The normalized spacial score (nSPS) is 22.9. The zero-order valence-corrected chi connectivity index (χ0v) is 9.30. The molecule has 0 aromatic carbocycles. The van der Waals surface area contributed by atoms with Crippen LogP contribution in [0.5, 0.6) is 0 Å². The molecule has 0 aromatic heterocycles. The molecule has 1 heterocycles. The third-order valence-corrected chi connectivity index (χ3v) is 2.52. The lowest BCUT2D eigenvalue weighted by Gasteiger charge is -2.11. The van der Waals surface area contributed by atoms with Crippen molar-refractivity contribution in [2.24, 2.45) is 10.9 Å². The van der Waals surface area contributed by atoms with Crippen LogP contribution in [0.2, 0.25) is 0 Å². The van der Waals surface area contributed by atoms with E-state index in [1.807, 2.05) is 6.08 Å². The number of carbonyl (C=O) groups is 1. The van der Waals surface area contributed by atoms with Gasteiger partial charge < -0.3 is 4.74 Å². The van der Waals surface area contributed by atoms with Gasteiger partial charge in [0.15, 0.2) is 6.21 Å². The van der Waals surface area contributed by atoms with Crippen molar-refractivity contribution < 1.29 is 14.1 Å². The van der Waals surface area contributed by atoms with Crippen molar-refractivity contribution >= 4 is 18.5 Å². The molecular formula is C12H15N2O2+. The van der Waals surface area contributed by atoms with Gasteiger partial charge in [-0.05, 0) is 17.9 Å². The number of rotatable bonds is 2. The van der Waals surface area contributed by atoms with Gasteiger partial charge in [-0.1, -0.05) is 25.2 Å². The number of allylic oxidation sites excluding steroid dienone is 2. The Balaban J connectivity index is 1.83. The maximum atomic E-state index is 11.5. The van der Waals surface area contributed by atoms with Crippen LogP contribution < -0.4 is 0 Å². The van der Waals surface area contributed by atoms with E-state index >= 15 is 0 Å². The molecule has 84 valence electrons. The first-order valence-corrected chi connectivity index (χ1v) is 5.39. The molecule has 16 heavy (non-hydrogen) atoms. The highest BCUT2D eigenvalue weighted by Gasteiger charge is 2.21. The molecule has 0 unspecified atom stereocenters. The van der Waals surface area contributed by atoms with Crippen molar-refractivity contribution in [3.63, 3.8) is 0 Å². The number of ether oxygens (including phenoxy) is 1. The molecule has 0 fully saturated rings. The predicted octanol–water partition coefficient (Wildman–Crippen LogP) is 1.77. The molecule has 4 nitrogen and oxygen atoms in total. The number of aliphatic imine (C=N–C) groups is 1. The summed E-state index contributed by atoms with van der Waals surface area (Å²) in [6.07, 6.45) is 10.2. The van der Waals surface area contributed by atoms with E-state index in [4.69, 9.17) is 4.74 Å². The highest BCUT2D eigenvalue weighted by molar-refractivity contribution is 6.15. The Bertz CT molecular complexity index is 405. The van der Waals surface area contributed by atoms with E-state index in [1.54, 1.807) is 12.4 Å². The van der Waals surface area contributed by atoms with Crippen LogP contribution in [-0.2, 0) is 4.74 Å². The van der Waals surface area contributed by atoms with Gasteiger partial charge in [0.25, 0.3) is 0 Å². The Morgan fingerprint density at radius 1 is 1.69 bits per heavy atom. The van der Waals surface area contributed by atoms with E-state index in [-0.39, 0.29) is 6.09 Å². The van der Waals surface area contributed by atoms with Crippen molar-refractivity contribution in [2.45, 2.75) is 13.3 Å². The van der Waals surface area contributed by atoms with Crippen LogP contribution in [0.25, 0.3) is 0 Å². The van der Waals surface area contributed by atoms with E-state index in [0.29, 0.717) is 19.2 Å². The van der Waals surface area contributed by atoms with Gasteiger partial charge >= 0.3 is 6.09 Å². The molecule has 2 rings (SSSR count). The van der Waals surface area contributed by atoms with Gasteiger partial charge in [0, 0.05) is 0 Å². The number of carbonyl (C=O) groups excluding carboxylic acids is 1. The van der Waals surface area contributed by atoms with E-state index in [9.17, 15) is 4.79 Å². The van der Waals surface area contributed by atoms with Crippen molar-refractivity contribution in [2.75, 3.05) is 13.3 Å². The molecule has 0 radical (unpaired) electrons. The fourth-order valence-electron chi connectivity index (χ4n) is 1.68. The predicted molar refractivity (Wildman–Crippen MR) is 62.0 cm³/mol. The Kier molecular flexibility index (Phi) is 3.29. The summed E-state index contributed by atoms with van der Waals surface area (Å²) in [6.45, 7) is 2.85. The summed E-state index contributed by atoms with van der Waals surface area (Å²) in [5.41, 5.74) is 1.06. The first kappa shape index (κ1) is 10.8. The van der Waals surface area contributed by atoms with E-state index in [2.05, 4.69) is 24.1 Å². The minimum Gasteiger partial charge on any atom is -0.407 e. The molecule has 0 N–H and O–H groups in total. The monoisotopic (exact) mass is 219 g/mol. The van der Waals surface area contributed by atoms with Gasteiger partial charge in [-0.2, -0.15) is 4.79 Å². The third-order valence-electron chi connectivity index (χ3n) is 2.52. The van der Waals surface area contributed by atoms with Crippen molar-refractivity contribution in [3.8, 4) is 0 Å². The Morgan fingerprint density at radius 3 is 3.25 bits per heavy atom.